The largest absolute Gasteiger partial charge is 0.338 e. The van der Waals surface area contributed by atoms with E-state index in [1.54, 1.807) is 24.3 Å². The minimum Gasteiger partial charge on any atom is -0.338 e. The molecule has 6 heteroatoms. The Kier molecular flexibility index (Phi) is 5.06. The molecule has 0 radical (unpaired) electrons. The number of amides is 1. The van der Waals surface area contributed by atoms with E-state index < -0.39 is 5.69 Å². The van der Waals surface area contributed by atoms with Crippen molar-refractivity contribution in [3.8, 4) is 0 Å². The number of para-hydroxylation sites is 1. The van der Waals surface area contributed by atoms with Crippen LogP contribution in [0.2, 0.25) is 0 Å². The van der Waals surface area contributed by atoms with Gasteiger partial charge in [0.25, 0.3) is 5.56 Å². The van der Waals surface area contributed by atoms with Gasteiger partial charge < -0.3 is 4.90 Å². The monoisotopic (exact) mass is 343 g/mol. The van der Waals surface area contributed by atoms with Gasteiger partial charge in [-0.1, -0.05) is 19.1 Å². The number of rotatable bonds is 4. The lowest BCUT2D eigenvalue weighted by Gasteiger charge is -2.33. The third-order valence-corrected chi connectivity index (χ3v) is 5.00. The first-order chi connectivity index (χ1) is 12.0. The van der Waals surface area contributed by atoms with Crippen molar-refractivity contribution in [3.63, 3.8) is 0 Å². The van der Waals surface area contributed by atoms with E-state index in [2.05, 4.69) is 6.92 Å². The summed E-state index contributed by atoms with van der Waals surface area (Å²) in [6.45, 7) is 5.05. The predicted octanol–water partition coefficient (Wildman–Crippen LogP) is 1.97. The molecule has 2 aromatic rings. The molecule has 0 aliphatic carbocycles. The van der Waals surface area contributed by atoms with Crippen LogP contribution in [0.4, 0.5) is 0 Å². The van der Waals surface area contributed by atoms with Crippen LogP contribution in [-0.2, 0) is 17.9 Å². The Morgan fingerprint density at radius 2 is 1.92 bits per heavy atom. The zero-order valence-corrected chi connectivity index (χ0v) is 14.9. The molecule has 0 unspecified atom stereocenters. The minimum absolute atomic E-state index is 0.0202. The molecule has 0 N–H and O–H groups in total. The first-order valence-corrected chi connectivity index (χ1v) is 9.06. The number of piperidine rings is 1. The molecule has 1 aromatic heterocycles. The molecule has 1 amide bonds. The van der Waals surface area contributed by atoms with Gasteiger partial charge >= 0.3 is 5.69 Å². The highest BCUT2D eigenvalue weighted by Crippen LogP contribution is 2.17. The first kappa shape index (κ1) is 17.5. The van der Waals surface area contributed by atoms with E-state index in [4.69, 9.17) is 0 Å². The fraction of sp³-hybridized carbons (Fsp3) is 0.526. The number of likely N-dealkylation sites (tertiary alicyclic amines) is 1. The lowest BCUT2D eigenvalue weighted by molar-refractivity contribution is -0.135. The van der Waals surface area contributed by atoms with E-state index in [1.807, 2.05) is 11.8 Å². The van der Waals surface area contributed by atoms with Crippen molar-refractivity contribution in [2.75, 3.05) is 6.54 Å². The molecular formula is C19H25N3O3. The summed E-state index contributed by atoms with van der Waals surface area (Å²) in [5.74, 6) is -0.0545. The normalized spacial score (nSPS) is 17.8. The Morgan fingerprint density at radius 3 is 2.64 bits per heavy atom. The van der Waals surface area contributed by atoms with Gasteiger partial charge in [-0.25, -0.2) is 4.79 Å². The molecule has 2 heterocycles. The number of benzene rings is 1. The van der Waals surface area contributed by atoms with Crippen LogP contribution < -0.4 is 11.2 Å². The van der Waals surface area contributed by atoms with Gasteiger partial charge in [-0.15, -0.1) is 0 Å². The lowest BCUT2D eigenvalue weighted by atomic mass is 10.0. The zero-order chi connectivity index (χ0) is 18.0. The highest BCUT2D eigenvalue weighted by atomic mass is 16.2. The van der Waals surface area contributed by atoms with Crippen LogP contribution in [0.3, 0.4) is 0 Å². The van der Waals surface area contributed by atoms with E-state index >= 15 is 0 Å². The molecule has 1 aromatic carbocycles. The standard InChI is InChI=1S/C19H25N3O3/c1-3-11-21-18(24)15-9-4-5-10-16(15)22(19(21)25)13-17(23)20-12-7-6-8-14(20)2/h4-5,9-10,14H,3,6-8,11-13H2,1-2H3/t14-/m1/s1. The van der Waals surface area contributed by atoms with Gasteiger partial charge in [-0.2, -0.15) is 0 Å². The van der Waals surface area contributed by atoms with Crippen molar-refractivity contribution in [3.05, 3.63) is 45.1 Å². The second-order valence-corrected chi connectivity index (χ2v) is 6.77. The maximum absolute atomic E-state index is 12.8. The molecule has 1 fully saturated rings. The summed E-state index contributed by atoms with van der Waals surface area (Å²) in [5, 5.41) is 0.482. The molecule has 25 heavy (non-hydrogen) atoms. The first-order valence-electron chi connectivity index (χ1n) is 9.06. The molecule has 1 atom stereocenters. The van der Waals surface area contributed by atoms with Crippen LogP contribution in [0.5, 0.6) is 0 Å². The van der Waals surface area contributed by atoms with E-state index in [-0.39, 0.29) is 24.1 Å². The van der Waals surface area contributed by atoms with Crippen LogP contribution in [0, 0.1) is 0 Å². The zero-order valence-electron chi connectivity index (χ0n) is 14.9. The summed E-state index contributed by atoms with van der Waals surface area (Å²) < 4.78 is 2.70. The third-order valence-electron chi connectivity index (χ3n) is 5.00. The Bertz CT molecular complexity index is 897. The van der Waals surface area contributed by atoms with Gasteiger partial charge in [-0.05, 0) is 44.7 Å². The van der Waals surface area contributed by atoms with Gasteiger partial charge in [0.05, 0.1) is 10.9 Å². The fourth-order valence-electron chi connectivity index (χ4n) is 3.64. The van der Waals surface area contributed by atoms with E-state index in [0.29, 0.717) is 23.9 Å². The molecule has 0 saturated carbocycles. The van der Waals surface area contributed by atoms with Gasteiger partial charge in [-0.3, -0.25) is 18.7 Å². The van der Waals surface area contributed by atoms with Crippen LogP contribution in [-0.4, -0.2) is 32.5 Å². The molecule has 0 spiro atoms. The molecule has 1 aliphatic heterocycles. The van der Waals surface area contributed by atoms with Crippen molar-refractivity contribution < 1.29 is 4.79 Å². The quantitative estimate of drug-likeness (QED) is 0.853. The Labute approximate surface area is 146 Å². The second kappa shape index (κ2) is 7.25. The summed E-state index contributed by atoms with van der Waals surface area (Å²) in [7, 11) is 0. The van der Waals surface area contributed by atoms with Gasteiger partial charge in [0, 0.05) is 19.1 Å². The van der Waals surface area contributed by atoms with Crippen molar-refractivity contribution in [2.24, 2.45) is 0 Å². The Morgan fingerprint density at radius 1 is 1.16 bits per heavy atom. The van der Waals surface area contributed by atoms with Crippen molar-refractivity contribution in [2.45, 2.75) is 58.7 Å². The van der Waals surface area contributed by atoms with Gasteiger partial charge in [0.15, 0.2) is 0 Å². The number of hydrogen-bond acceptors (Lipinski definition) is 3. The molecule has 134 valence electrons. The number of hydrogen-bond donors (Lipinski definition) is 0. The van der Waals surface area contributed by atoms with Crippen LogP contribution in [0.25, 0.3) is 10.9 Å². The summed E-state index contributed by atoms with van der Waals surface area (Å²) in [4.78, 5) is 40.1. The van der Waals surface area contributed by atoms with Crippen LogP contribution in [0.15, 0.2) is 33.9 Å². The number of carbonyl (C=O) groups excluding carboxylic acids is 1. The Balaban J connectivity index is 2.07. The summed E-state index contributed by atoms with van der Waals surface area (Å²) in [6, 6.07) is 7.22. The van der Waals surface area contributed by atoms with Gasteiger partial charge in [0.2, 0.25) is 5.91 Å². The second-order valence-electron chi connectivity index (χ2n) is 6.77. The van der Waals surface area contributed by atoms with Crippen molar-refractivity contribution >= 4 is 16.8 Å². The fourth-order valence-corrected chi connectivity index (χ4v) is 3.64. The summed E-state index contributed by atoms with van der Waals surface area (Å²) in [5.41, 5.74) is -0.149. The average Bonchev–Trinajstić information content (AvgIpc) is 2.62. The van der Waals surface area contributed by atoms with E-state index in [0.717, 1.165) is 25.8 Å². The Hall–Kier alpha value is -2.37. The predicted molar refractivity (Wildman–Crippen MR) is 97.8 cm³/mol. The maximum atomic E-state index is 12.8. The minimum atomic E-state index is -0.399. The lowest BCUT2D eigenvalue weighted by Crippen LogP contribution is -2.47. The number of carbonyl (C=O) groups is 1. The molecule has 6 nitrogen and oxygen atoms in total. The molecule has 0 bridgehead atoms. The molecular weight excluding hydrogens is 318 g/mol. The van der Waals surface area contributed by atoms with E-state index in [1.165, 1.54) is 9.13 Å². The molecule has 1 saturated heterocycles. The summed E-state index contributed by atoms with van der Waals surface area (Å²) >= 11 is 0. The van der Waals surface area contributed by atoms with Crippen LogP contribution in [0.1, 0.15) is 39.5 Å². The smallest absolute Gasteiger partial charge is 0.331 e. The topological polar surface area (TPSA) is 64.3 Å². The third kappa shape index (κ3) is 3.25. The van der Waals surface area contributed by atoms with Crippen molar-refractivity contribution in [1.29, 1.82) is 0 Å². The SMILES string of the molecule is CCCn1c(=O)c2ccccc2n(CC(=O)N2CCCC[C@H]2C)c1=O. The highest BCUT2D eigenvalue weighted by molar-refractivity contribution is 5.81. The van der Waals surface area contributed by atoms with Crippen molar-refractivity contribution in [1.82, 2.24) is 14.0 Å². The number of nitrogens with zero attached hydrogens (tertiary/aromatic N) is 3. The number of aromatic nitrogens is 2. The van der Waals surface area contributed by atoms with Gasteiger partial charge in [0.1, 0.15) is 6.54 Å². The summed E-state index contributed by atoms with van der Waals surface area (Å²) in [6.07, 6.45) is 3.82. The van der Waals surface area contributed by atoms with E-state index in [9.17, 15) is 14.4 Å². The number of fused-ring (bicyclic) bond motifs is 1. The van der Waals surface area contributed by atoms with Crippen LogP contribution >= 0.6 is 0 Å². The molecule has 3 rings (SSSR count). The average molecular weight is 343 g/mol. The maximum Gasteiger partial charge on any atom is 0.331 e. The molecule has 1 aliphatic rings. The highest BCUT2D eigenvalue weighted by Gasteiger charge is 2.24.